The Morgan fingerprint density at radius 3 is 2.69 bits per heavy atom. The zero-order chi connectivity index (χ0) is 21.9. The monoisotopic (exact) mass is 423 g/mol. The highest BCUT2D eigenvalue weighted by atomic mass is 15.3. The van der Waals surface area contributed by atoms with E-state index in [1.807, 2.05) is 53.2 Å². The number of fused-ring (bicyclic) bond motifs is 1. The molecule has 4 aromatic heterocycles. The second kappa shape index (κ2) is 6.51. The average Bonchev–Trinajstić information content (AvgIpc) is 3.48. The van der Waals surface area contributed by atoms with Crippen LogP contribution in [0.25, 0.3) is 28.2 Å². The van der Waals surface area contributed by atoms with E-state index in [4.69, 9.17) is 10.2 Å². The van der Waals surface area contributed by atoms with Gasteiger partial charge in [0.2, 0.25) is 0 Å². The Hall–Kier alpha value is -3.98. The maximum absolute atomic E-state index is 9.51. The van der Waals surface area contributed by atoms with E-state index in [1.165, 1.54) is 0 Å². The largest absolute Gasteiger partial charge is 0.275 e. The summed E-state index contributed by atoms with van der Waals surface area (Å²) in [6.07, 6.45) is 13.4. The van der Waals surface area contributed by atoms with E-state index >= 15 is 0 Å². The molecule has 2 aliphatic carbocycles. The van der Waals surface area contributed by atoms with Crippen LogP contribution in [-0.2, 0) is 12.6 Å². The minimum Gasteiger partial charge on any atom is -0.275 e. The molecule has 0 amide bonds. The zero-order valence-corrected chi connectivity index (χ0v) is 17.7. The highest BCUT2D eigenvalue weighted by Gasteiger charge is 2.61. The van der Waals surface area contributed by atoms with Gasteiger partial charge in [-0.15, -0.1) is 0 Å². The van der Waals surface area contributed by atoms with Crippen molar-refractivity contribution in [3.05, 3.63) is 43.1 Å². The summed E-state index contributed by atoms with van der Waals surface area (Å²) in [6.45, 7) is 0. The summed E-state index contributed by atoms with van der Waals surface area (Å²) >= 11 is 0. The predicted molar refractivity (Wildman–Crippen MR) is 115 cm³/mol. The molecule has 0 aliphatic heterocycles. The maximum atomic E-state index is 9.51. The smallest absolute Gasteiger partial charge is 0.112 e. The molecule has 0 saturated heterocycles. The SMILES string of the molecule is Cn1ccc(-c2cn3nccc3c(-c3cnn(C4(CC#N)CC5(CC(C#N)C5)C4)c3)n2)n1. The Morgan fingerprint density at radius 2 is 1.97 bits per heavy atom. The first kappa shape index (κ1) is 18.8. The van der Waals surface area contributed by atoms with E-state index in [0.717, 1.165) is 53.8 Å². The fourth-order valence-electron chi connectivity index (χ4n) is 5.74. The van der Waals surface area contributed by atoms with Crippen molar-refractivity contribution in [3.63, 3.8) is 0 Å². The molecule has 1 spiro atoms. The molecule has 6 rings (SSSR count). The van der Waals surface area contributed by atoms with Gasteiger partial charge in [0.15, 0.2) is 0 Å². The fraction of sp³-hybridized carbons (Fsp3) is 0.391. The molecule has 2 fully saturated rings. The Morgan fingerprint density at radius 1 is 1.12 bits per heavy atom. The summed E-state index contributed by atoms with van der Waals surface area (Å²) in [5, 5.41) is 32.2. The number of nitrogens with zero attached hydrogens (tertiary/aromatic N) is 9. The van der Waals surface area contributed by atoms with Crippen molar-refractivity contribution in [1.29, 1.82) is 10.5 Å². The van der Waals surface area contributed by atoms with Crippen molar-refractivity contribution in [1.82, 2.24) is 34.2 Å². The molecule has 9 nitrogen and oxygen atoms in total. The lowest BCUT2D eigenvalue weighted by atomic mass is 9.45. The molecule has 0 unspecified atom stereocenters. The van der Waals surface area contributed by atoms with Gasteiger partial charge in [-0.2, -0.15) is 25.8 Å². The van der Waals surface area contributed by atoms with E-state index in [9.17, 15) is 5.26 Å². The van der Waals surface area contributed by atoms with Crippen molar-refractivity contribution in [2.75, 3.05) is 0 Å². The highest BCUT2D eigenvalue weighted by Crippen LogP contribution is 2.66. The second-order valence-electron chi connectivity index (χ2n) is 9.33. The molecule has 4 aromatic rings. The van der Waals surface area contributed by atoms with Crippen LogP contribution in [0.5, 0.6) is 0 Å². The Balaban J connectivity index is 1.37. The summed E-state index contributed by atoms with van der Waals surface area (Å²) in [5.74, 6) is 0.164. The zero-order valence-electron chi connectivity index (χ0n) is 17.7. The first-order valence-electron chi connectivity index (χ1n) is 10.7. The topological polar surface area (TPSA) is 113 Å². The third-order valence-corrected chi connectivity index (χ3v) is 7.07. The van der Waals surface area contributed by atoms with Gasteiger partial charge in [-0.05, 0) is 43.2 Å². The third-order valence-electron chi connectivity index (χ3n) is 7.07. The quantitative estimate of drug-likeness (QED) is 0.497. The van der Waals surface area contributed by atoms with E-state index in [0.29, 0.717) is 6.42 Å². The van der Waals surface area contributed by atoms with Crippen LogP contribution in [0.4, 0.5) is 0 Å². The second-order valence-corrected chi connectivity index (χ2v) is 9.33. The molecule has 4 heterocycles. The highest BCUT2D eigenvalue weighted by molar-refractivity contribution is 5.77. The van der Waals surface area contributed by atoms with Crippen LogP contribution in [0, 0.1) is 34.0 Å². The van der Waals surface area contributed by atoms with Crippen LogP contribution in [0.1, 0.15) is 32.1 Å². The van der Waals surface area contributed by atoms with E-state index < -0.39 is 0 Å². The molecule has 0 bridgehead atoms. The van der Waals surface area contributed by atoms with Gasteiger partial charge in [0.1, 0.15) is 11.4 Å². The number of rotatable bonds is 4. The Labute approximate surface area is 184 Å². The Bertz CT molecular complexity index is 1410. The number of aromatic nitrogens is 7. The van der Waals surface area contributed by atoms with Gasteiger partial charge >= 0.3 is 0 Å². The summed E-state index contributed by atoms with van der Waals surface area (Å²) < 4.78 is 5.51. The van der Waals surface area contributed by atoms with Gasteiger partial charge in [-0.3, -0.25) is 9.36 Å². The van der Waals surface area contributed by atoms with Crippen molar-refractivity contribution >= 4 is 5.52 Å². The van der Waals surface area contributed by atoms with Gasteiger partial charge in [-0.25, -0.2) is 9.50 Å². The maximum Gasteiger partial charge on any atom is 0.112 e. The van der Waals surface area contributed by atoms with Gasteiger partial charge in [0.25, 0.3) is 0 Å². The lowest BCUT2D eigenvalue weighted by molar-refractivity contribution is -0.108. The number of hydrogen-bond acceptors (Lipinski definition) is 6. The molecule has 0 atom stereocenters. The standard InChI is InChI=1S/C23H21N9/c1-30-7-3-18(29-30)19-13-31-20(2-6-26-31)21(28-19)17-11-27-32(12-17)23(4-5-24)14-22(15-23)8-16(9-22)10-25/h2-3,6-7,11-13,16H,4,8-9,14-15H2,1H3. The molecular formula is C23H21N9. The van der Waals surface area contributed by atoms with Crippen molar-refractivity contribution < 1.29 is 0 Å². The van der Waals surface area contributed by atoms with Crippen LogP contribution in [0.2, 0.25) is 0 Å². The lowest BCUT2D eigenvalue weighted by Crippen LogP contribution is -2.58. The van der Waals surface area contributed by atoms with Gasteiger partial charge in [-0.1, -0.05) is 0 Å². The normalized spacial score (nSPS) is 26.4. The molecule has 0 radical (unpaired) electrons. The minimum absolute atomic E-state index is 0.164. The predicted octanol–water partition coefficient (Wildman–Crippen LogP) is 3.32. The number of nitriles is 2. The van der Waals surface area contributed by atoms with E-state index in [-0.39, 0.29) is 16.9 Å². The van der Waals surface area contributed by atoms with Crippen LogP contribution in [0.3, 0.4) is 0 Å². The molecule has 2 aliphatic rings. The van der Waals surface area contributed by atoms with Crippen molar-refractivity contribution in [2.45, 2.75) is 37.6 Å². The van der Waals surface area contributed by atoms with Crippen LogP contribution in [0.15, 0.2) is 43.1 Å². The Kier molecular flexibility index (Phi) is 3.82. The minimum atomic E-state index is -0.303. The first-order valence-corrected chi connectivity index (χ1v) is 10.7. The molecule has 0 aromatic carbocycles. The van der Waals surface area contributed by atoms with Crippen LogP contribution >= 0.6 is 0 Å². The van der Waals surface area contributed by atoms with Crippen molar-refractivity contribution in [3.8, 4) is 34.8 Å². The molecule has 2 saturated carbocycles. The average molecular weight is 423 g/mol. The molecule has 0 N–H and O–H groups in total. The van der Waals surface area contributed by atoms with Crippen LogP contribution < -0.4 is 0 Å². The summed E-state index contributed by atoms with van der Waals surface area (Å²) in [4.78, 5) is 4.90. The third kappa shape index (κ3) is 2.68. The molecular weight excluding hydrogens is 402 g/mol. The lowest BCUT2D eigenvalue weighted by Gasteiger charge is -2.61. The summed E-state index contributed by atoms with van der Waals surface area (Å²) in [6, 6.07) is 8.59. The van der Waals surface area contributed by atoms with Gasteiger partial charge in [0.05, 0.1) is 53.9 Å². The van der Waals surface area contributed by atoms with E-state index in [1.54, 1.807) is 10.9 Å². The number of aryl methyl sites for hydroxylation is 1. The first-order chi connectivity index (χ1) is 15.5. The number of hydrogen-bond donors (Lipinski definition) is 0. The van der Waals surface area contributed by atoms with Gasteiger partial charge < -0.3 is 0 Å². The molecule has 9 heteroatoms. The van der Waals surface area contributed by atoms with Crippen molar-refractivity contribution in [2.24, 2.45) is 18.4 Å². The van der Waals surface area contributed by atoms with E-state index in [2.05, 4.69) is 27.4 Å². The molecule has 32 heavy (non-hydrogen) atoms. The summed E-state index contributed by atoms with van der Waals surface area (Å²) in [5.41, 5.74) is 3.97. The summed E-state index contributed by atoms with van der Waals surface area (Å²) in [7, 11) is 1.88. The van der Waals surface area contributed by atoms with Gasteiger partial charge in [0, 0.05) is 30.9 Å². The molecule has 158 valence electrons. The van der Waals surface area contributed by atoms with Crippen LogP contribution in [-0.4, -0.2) is 34.2 Å². The fourth-order valence-corrected chi connectivity index (χ4v) is 5.74.